The molecule has 1 aromatic carbocycles. The first kappa shape index (κ1) is 9.51. The fraction of sp³-hybridized carbons (Fsp3) is 0.100. The Bertz CT molecular complexity index is 455. The number of hydrogen-bond acceptors (Lipinski definition) is 3. The molecule has 0 aliphatic carbocycles. The van der Waals surface area contributed by atoms with E-state index in [1.54, 1.807) is 12.1 Å². The standard InChI is InChI=1S/C10H9FN2O2/c11-8-1-2-9-6(4-8)3-7(5-15-9)10(12)13-14/h1-4,14H,5H2,(H2,12,13). The number of hydrogen-bond donors (Lipinski definition) is 2. The van der Waals surface area contributed by atoms with Gasteiger partial charge in [0.15, 0.2) is 5.84 Å². The summed E-state index contributed by atoms with van der Waals surface area (Å²) in [7, 11) is 0. The van der Waals surface area contributed by atoms with E-state index in [-0.39, 0.29) is 18.3 Å². The summed E-state index contributed by atoms with van der Waals surface area (Å²) in [4.78, 5) is 0. The van der Waals surface area contributed by atoms with Gasteiger partial charge < -0.3 is 15.7 Å². The van der Waals surface area contributed by atoms with Gasteiger partial charge in [0.2, 0.25) is 0 Å². The second-order valence-electron chi connectivity index (χ2n) is 3.13. The summed E-state index contributed by atoms with van der Waals surface area (Å²) < 4.78 is 18.2. The van der Waals surface area contributed by atoms with Crippen LogP contribution in [0.4, 0.5) is 4.39 Å². The van der Waals surface area contributed by atoms with E-state index in [1.165, 1.54) is 12.1 Å². The maximum atomic E-state index is 12.9. The summed E-state index contributed by atoms with van der Waals surface area (Å²) in [6, 6.07) is 4.20. The number of nitrogens with two attached hydrogens (primary N) is 1. The number of benzene rings is 1. The van der Waals surface area contributed by atoms with E-state index in [9.17, 15) is 4.39 Å². The van der Waals surface area contributed by atoms with Gasteiger partial charge in [0.05, 0.1) is 0 Å². The maximum absolute atomic E-state index is 12.9. The molecule has 1 heterocycles. The van der Waals surface area contributed by atoms with Crippen LogP contribution in [0.3, 0.4) is 0 Å². The van der Waals surface area contributed by atoms with Gasteiger partial charge in [-0.05, 0) is 24.3 Å². The third-order valence-electron chi connectivity index (χ3n) is 2.12. The van der Waals surface area contributed by atoms with Crippen molar-refractivity contribution in [3.63, 3.8) is 0 Å². The van der Waals surface area contributed by atoms with Gasteiger partial charge in [-0.15, -0.1) is 0 Å². The Morgan fingerprint density at radius 3 is 3.07 bits per heavy atom. The molecule has 0 saturated heterocycles. The molecule has 0 unspecified atom stereocenters. The number of nitrogens with zero attached hydrogens (tertiary/aromatic N) is 1. The third-order valence-corrected chi connectivity index (χ3v) is 2.12. The maximum Gasteiger partial charge on any atom is 0.169 e. The first-order valence-corrected chi connectivity index (χ1v) is 4.31. The van der Waals surface area contributed by atoms with Gasteiger partial charge in [-0.1, -0.05) is 5.16 Å². The Morgan fingerprint density at radius 1 is 1.53 bits per heavy atom. The van der Waals surface area contributed by atoms with Crippen LogP contribution in [0.5, 0.6) is 5.75 Å². The Balaban J connectivity index is 2.44. The van der Waals surface area contributed by atoms with Crippen LogP contribution >= 0.6 is 0 Å². The smallest absolute Gasteiger partial charge is 0.169 e. The number of ether oxygens (including phenoxy) is 1. The lowest BCUT2D eigenvalue weighted by molar-refractivity contribution is 0.315. The second kappa shape index (κ2) is 3.61. The SMILES string of the molecule is NC(=NO)C1=Cc2cc(F)ccc2OC1. The van der Waals surface area contributed by atoms with Crippen LogP contribution in [-0.2, 0) is 0 Å². The zero-order valence-electron chi connectivity index (χ0n) is 7.77. The lowest BCUT2D eigenvalue weighted by atomic mass is 10.1. The molecule has 0 spiro atoms. The van der Waals surface area contributed by atoms with E-state index < -0.39 is 0 Å². The summed E-state index contributed by atoms with van der Waals surface area (Å²) >= 11 is 0. The van der Waals surface area contributed by atoms with E-state index in [2.05, 4.69) is 5.16 Å². The van der Waals surface area contributed by atoms with Crippen molar-refractivity contribution >= 4 is 11.9 Å². The first-order chi connectivity index (χ1) is 7.20. The van der Waals surface area contributed by atoms with Gasteiger partial charge in [0.1, 0.15) is 18.2 Å². The highest BCUT2D eigenvalue weighted by Gasteiger charge is 2.14. The number of amidine groups is 1. The van der Waals surface area contributed by atoms with Crippen molar-refractivity contribution < 1.29 is 14.3 Å². The van der Waals surface area contributed by atoms with Crippen molar-refractivity contribution in [2.45, 2.75) is 0 Å². The highest BCUT2D eigenvalue weighted by Crippen LogP contribution is 2.26. The Labute approximate surface area is 85.5 Å². The molecule has 5 heteroatoms. The van der Waals surface area contributed by atoms with Crippen molar-refractivity contribution in [2.24, 2.45) is 10.9 Å². The van der Waals surface area contributed by atoms with E-state index in [0.717, 1.165) is 0 Å². The molecular formula is C10H9FN2O2. The molecule has 0 radical (unpaired) electrons. The zero-order chi connectivity index (χ0) is 10.8. The fourth-order valence-electron chi connectivity index (χ4n) is 1.36. The van der Waals surface area contributed by atoms with Crippen molar-refractivity contribution in [2.75, 3.05) is 6.61 Å². The average molecular weight is 208 g/mol. The molecule has 0 amide bonds. The molecule has 0 aromatic heterocycles. The van der Waals surface area contributed by atoms with E-state index in [4.69, 9.17) is 15.7 Å². The van der Waals surface area contributed by atoms with Crippen LogP contribution in [0.1, 0.15) is 5.56 Å². The summed E-state index contributed by atoms with van der Waals surface area (Å²) in [5.74, 6) is 0.213. The van der Waals surface area contributed by atoms with Gasteiger partial charge in [-0.3, -0.25) is 0 Å². The lowest BCUT2D eigenvalue weighted by Crippen LogP contribution is -2.21. The molecule has 0 bridgehead atoms. The van der Waals surface area contributed by atoms with E-state index in [1.807, 2.05) is 0 Å². The second-order valence-corrected chi connectivity index (χ2v) is 3.13. The molecule has 1 aromatic rings. The highest BCUT2D eigenvalue weighted by molar-refractivity contribution is 6.01. The van der Waals surface area contributed by atoms with Crippen LogP contribution in [0, 0.1) is 5.82 Å². The molecule has 15 heavy (non-hydrogen) atoms. The van der Waals surface area contributed by atoms with E-state index >= 15 is 0 Å². The van der Waals surface area contributed by atoms with Crippen LogP contribution in [0.25, 0.3) is 6.08 Å². The van der Waals surface area contributed by atoms with Gasteiger partial charge in [-0.25, -0.2) is 4.39 Å². The Hall–Kier alpha value is -2.04. The predicted octanol–water partition coefficient (Wildman–Crippen LogP) is 1.35. The fourth-order valence-corrected chi connectivity index (χ4v) is 1.36. The number of oxime groups is 1. The highest BCUT2D eigenvalue weighted by atomic mass is 19.1. The van der Waals surface area contributed by atoms with Crippen molar-refractivity contribution in [3.05, 3.63) is 35.2 Å². The molecule has 78 valence electrons. The Kier molecular flexibility index (Phi) is 2.29. The van der Waals surface area contributed by atoms with Crippen LogP contribution in [0.2, 0.25) is 0 Å². The third kappa shape index (κ3) is 1.76. The molecule has 1 aliphatic heterocycles. The molecular weight excluding hydrogens is 199 g/mol. The summed E-state index contributed by atoms with van der Waals surface area (Å²) in [6.45, 7) is 0.217. The minimum atomic E-state index is -0.352. The molecule has 2 rings (SSSR count). The van der Waals surface area contributed by atoms with Crippen molar-refractivity contribution in [3.8, 4) is 5.75 Å². The Morgan fingerprint density at radius 2 is 2.33 bits per heavy atom. The normalized spacial score (nSPS) is 15.3. The summed E-state index contributed by atoms with van der Waals surface area (Å²) in [5, 5.41) is 11.3. The predicted molar refractivity (Wildman–Crippen MR) is 53.3 cm³/mol. The number of halogens is 1. The molecule has 4 nitrogen and oxygen atoms in total. The van der Waals surface area contributed by atoms with Crippen molar-refractivity contribution in [1.29, 1.82) is 0 Å². The summed E-state index contributed by atoms with van der Waals surface area (Å²) in [5.41, 5.74) is 6.51. The van der Waals surface area contributed by atoms with E-state index in [0.29, 0.717) is 16.9 Å². The molecule has 0 atom stereocenters. The quantitative estimate of drug-likeness (QED) is 0.317. The summed E-state index contributed by atoms with van der Waals surface area (Å²) in [6.07, 6.45) is 1.64. The van der Waals surface area contributed by atoms with Gasteiger partial charge in [0, 0.05) is 11.1 Å². The van der Waals surface area contributed by atoms with Crippen molar-refractivity contribution in [1.82, 2.24) is 0 Å². The number of rotatable bonds is 1. The van der Waals surface area contributed by atoms with Gasteiger partial charge >= 0.3 is 0 Å². The lowest BCUT2D eigenvalue weighted by Gasteiger charge is -2.16. The molecule has 0 fully saturated rings. The molecule has 0 saturated carbocycles. The largest absolute Gasteiger partial charge is 0.488 e. The molecule has 1 aliphatic rings. The first-order valence-electron chi connectivity index (χ1n) is 4.31. The number of fused-ring (bicyclic) bond motifs is 1. The van der Waals surface area contributed by atoms with Crippen LogP contribution in [-0.4, -0.2) is 17.6 Å². The van der Waals surface area contributed by atoms with Crippen LogP contribution < -0.4 is 10.5 Å². The average Bonchev–Trinajstić information content (AvgIpc) is 2.27. The molecule has 3 N–H and O–H groups in total. The minimum absolute atomic E-state index is 0.0232. The van der Waals surface area contributed by atoms with Gasteiger partial charge in [0.25, 0.3) is 0 Å². The van der Waals surface area contributed by atoms with Crippen LogP contribution in [0.15, 0.2) is 28.9 Å². The monoisotopic (exact) mass is 208 g/mol. The zero-order valence-corrected chi connectivity index (χ0v) is 7.77. The minimum Gasteiger partial charge on any atom is -0.488 e. The van der Waals surface area contributed by atoms with Gasteiger partial charge in [-0.2, -0.15) is 0 Å². The topological polar surface area (TPSA) is 67.8 Å².